The first-order valence-electron chi connectivity index (χ1n) is 11.6. The van der Waals surface area contributed by atoms with Gasteiger partial charge >= 0.3 is 0 Å². The summed E-state index contributed by atoms with van der Waals surface area (Å²) in [4.78, 5) is 28.3. The fraction of sp³-hybridized carbons (Fsp3) is 0.286. The van der Waals surface area contributed by atoms with Crippen molar-refractivity contribution in [1.29, 1.82) is 0 Å². The molecule has 0 heterocycles. The van der Waals surface area contributed by atoms with Gasteiger partial charge < -0.3 is 15.0 Å². The Morgan fingerprint density at radius 3 is 2.26 bits per heavy atom. The van der Waals surface area contributed by atoms with Gasteiger partial charge in [-0.1, -0.05) is 80.0 Å². The fourth-order valence-corrected chi connectivity index (χ4v) is 3.67. The summed E-state index contributed by atoms with van der Waals surface area (Å²) in [5.41, 5.74) is 1.73. The van der Waals surface area contributed by atoms with Gasteiger partial charge in [0.2, 0.25) is 5.91 Å². The number of nitrogens with one attached hydrogen (secondary N) is 1. The second-order valence-corrected chi connectivity index (χ2v) is 9.15. The molecule has 0 radical (unpaired) electrons. The van der Waals surface area contributed by atoms with Crippen molar-refractivity contribution >= 4 is 23.4 Å². The molecule has 3 aromatic rings. The Labute approximate surface area is 210 Å². The predicted molar refractivity (Wildman–Crippen MR) is 136 cm³/mol. The summed E-state index contributed by atoms with van der Waals surface area (Å²) >= 11 is 6.03. The van der Waals surface area contributed by atoms with Gasteiger partial charge in [0.05, 0.1) is 0 Å². The van der Waals surface area contributed by atoms with Crippen LogP contribution in [0.2, 0.25) is 5.02 Å². The zero-order valence-corrected chi connectivity index (χ0v) is 20.7. The topological polar surface area (TPSA) is 58.6 Å². The van der Waals surface area contributed by atoms with E-state index in [1.807, 2.05) is 56.3 Å². The lowest BCUT2D eigenvalue weighted by atomic mass is 10.0. The van der Waals surface area contributed by atoms with Gasteiger partial charge in [-0.3, -0.25) is 9.59 Å². The number of rotatable bonds is 11. The first-order chi connectivity index (χ1) is 16.8. The smallest absolute Gasteiger partial charge is 0.261 e. The van der Waals surface area contributed by atoms with Crippen molar-refractivity contribution in [2.75, 3.05) is 13.2 Å². The molecule has 1 atom stereocenters. The van der Waals surface area contributed by atoms with Crippen molar-refractivity contribution in [3.05, 3.63) is 101 Å². The number of benzene rings is 3. The number of para-hydroxylation sites is 1. The lowest BCUT2D eigenvalue weighted by Gasteiger charge is -2.31. The largest absolute Gasteiger partial charge is 0.481 e. The summed E-state index contributed by atoms with van der Waals surface area (Å²) in [6.45, 7) is 4.26. The maximum Gasteiger partial charge on any atom is 0.261 e. The summed E-state index contributed by atoms with van der Waals surface area (Å²) < 4.78 is 19.5. The summed E-state index contributed by atoms with van der Waals surface area (Å²) in [5.74, 6) is -1.00. The molecule has 0 aliphatic heterocycles. The molecule has 0 spiro atoms. The van der Waals surface area contributed by atoms with E-state index in [0.29, 0.717) is 18.0 Å². The number of halogens is 2. The number of hydrogen-bond acceptors (Lipinski definition) is 3. The van der Waals surface area contributed by atoms with Crippen LogP contribution in [0, 0.1) is 11.7 Å². The highest BCUT2D eigenvalue weighted by Gasteiger charge is 2.30. The molecule has 0 aliphatic rings. The Hall–Kier alpha value is -3.38. The maximum absolute atomic E-state index is 14.0. The highest BCUT2D eigenvalue weighted by Crippen LogP contribution is 2.19. The molecule has 0 saturated heterocycles. The maximum atomic E-state index is 14.0. The fourth-order valence-electron chi connectivity index (χ4n) is 3.55. The van der Waals surface area contributed by atoms with Gasteiger partial charge in [0, 0.05) is 24.5 Å². The first kappa shape index (κ1) is 26.2. The summed E-state index contributed by atoms with van der Waals surface area (Å²) in [7, 11) is 0. The molecule has 1 N–H and O–H groups in total. The van der Waals surface area contributed by atoms with Crippen LogP contribution in [-0.2, 0) is 22.6 Å². The van der Waals surface area contributed by atoms with Crippen molar-refractivity contribution in [3.8, 4) is 5.75 Å². The number of nitrogens with zero attached hydrogens (tertiary/aromatic N) is 1. The minimum absolute atomic E-state index is 0.0174. The van der Waals surface area contributed by atoms with Gasteiger partial charge in [0.1, 0.15) is 6.04 Å². The molecule has 0 aromatic heterocycles. The summed E-state index contributed by atoms with van der Waals surface area (Å²) in [6.07, 6.45) is 0.323. The molecule has 7 heteroatoms. The molecule has 5 nitrogen and oxygen atoms in total. The zero-order chi connectivity index (χ0) is 25.2. The molecule has 184 valence electrons. The number of carbonyl (C=O) groups is 2. The van der Waals surface area contributed by atoms with E-state index in [1.165, 1.54) is 17.0 Å². The molecule has 2 amide bonds. The van der Waals surface area contributed by atoms with Crippen LogP contribution in [0.15, 0.2) is 78.9 Å². The normalized spacial score (nSPS) is 11.7. The van der Waals surface area contributed by atoms with Crippen LogP contribution in [0.25, 0.3) is 0 Å². The summed E-state index contributed by atoms with van der Waals surface area (Å²) in [5, 5.41) is 3.53. The SMILES string of the molecule is CC(C)CNC(=O)[C@@H](Cc1ccccc1)N(Cc1ccc(Cl)cc1)C(=O)COc1ccccc1F. The van der Waals surface area contributed by atoms with Gasteiger partial charge in [-0.05, 0) is 41.3 Å². The van der Waals surface area contributed by atoms with Gasteiger partial charge in [0.15, 0.2) is 18.2 Å². The number of carbonyl (C=O) groups excluding carboxylic acids is 2. The lowest BCUT2D eigenvalue weighted by Crippen LogP contribution is -2.52. The van der Waals surface area contributed by atoms with Crippen LogP contribution in [0.3, 0.4) is 0 Å². The average molecular weight is 497 g/mol. The van der Waals surface area contributed by atoms with E-state index in [1.54, 1.807) is 24.3 Å². The van der Waals surface area contributed by atoms with Crippen LogP contribution < -0.4 is 10.1 Å². The van der Waals surface area contributed by atoms with Crippen LogP contribution in [0.4, 0.5) is 4.39 Å². The molecular weight excluding hydrogens is 467 g/mol. The van der Waals surface area contributed by atoms with Crippen molar-refractivity contribution in [2.24, 2.45) is 5.92 Å². The van der Waals surface area contributed by atoms with E-state index >= 15 is 0 Å². The second kappa shape index (κ2) is 12.9. The minimum atomic E-state index is -0.788. The Bertz CT molecular complexity index is 1110. The molecular formula is C28H30ClFN2O3. The third kappa shape index (κ3) is 8.11. The van der Waals surface area contributed by atoms with Gasteiger partial charge in [-0.25, -0.2) is 4.39 Å². The average Bonchev–Trinajstić information content (AvgIpc) is 2.85. The first-order valence-corrected chi connectivity index (χ1v) is 11.9. The second-order valence-electron chi connectivity index (χ2n) is 8.71. The molecule has 0 fully saturated rings. The highest BCUT2D eigenvalue weighted by atomic mass is 35.5. The molecule has 3 rings (SSSR count). The highest BCUT2D eigenvalue weighted by molar-refractivity contribution is 6.30. The Morgan fingerprint density at radius 1 is 0.943 bits per heavy atom. The van der Waals surface area contributed by atoms with Crippen molar-refractivity contribution in [1.82, 2.24) is 10.2 Å². The Kier molecular flexibility index (Phi) is 9.67. The monoisotopic (exact) mass is 496 g/mol. The summed E-state index contributed by atoms with van der Waals surface area (Å²) in [6, 6.07) is 21.7. The number of hydrogen-bond donors (Lipinski definition) is 1. The van der Waals surface area contributed by atoms with Crippen molar-refractivity contribution in [2.45, 2.75) is 32.9 Å². The van der Waals surface area contributed by atoms with Gasteiger partial charge in [0.25, 0.3) is 5.91 Å². The van der Waals surface area contributed by atoms with E-state index in [2.05, 4.69) is 5.32 Å². The van der Waals surface area contributed by atoms with E-state index in [-0.39, 0.29) is 24.1 Å². The van der Waals surface area contributed by atoms with Crippen LogP contribution >= 0.6 is 11.6 Å². The number of amides is 2. The van der Waals surface area contributed by atoms with Crippen molar-refractivity contribution < 1.29 is 18.7 Å². The quantitative estimate of drug-likeness (QED) is 0.393. The Balaban J connectivity index is 1.90. The molecule has 0 aliphatic carbocycles. The van der Waals surface area contributed by atoms with Crippen LogP contribution in [-0.4, -0.2) is 35.9 Å². The van der Waals surface area contributed by atoms with Gasteiger partial charge in [-0.2, -0.15) is 0 Å². The predicted octanol–water partition coefficient (Wildman–Crippen LogP) is 5.27. The number of ether oxygens (including phenoxy) is 1. The molecule has 0 unspecified atom stereocenters. The van der Waals surface area contributed by atoms with Crippen LogP contribution in [0.5, 0.6) is 5.75 Å². The van der Waals surface area contributed by atoms with Crippen LogP contribution in [0.1, 0.15) is 25.0 Å². The third-order valence-corrected chi connectivity index (χ3v) is 5.66. The third-order valence-electron chi connectivity index (χ3n) is 5.41. The lowest BCUT2D eigenvalue weighted by molar-refractivity contribution is -0.142. The van der Waals surface area contributed by atoms with E-state index in [9.17, 15) is 14.0 Å². The van der Waals surface area contributed by atoms with E-state index in [0.717, 1.165) is 11.1 Å². The van der Waals surface area contributed by atoms with Gasteiger partial charge in [-0.15, -0.1) is 0 Å². The molecule has 0 saturated carbocycles. The Morgan fingerprint density at radius 2 is 1.60 bits per heavy atom. The molecule has 3 aromatic carbocycles. The van der Waals surface area contributed by atoms with Crippen molar-refractivity contribution in [3.63, 3.8) is 0 Å². The standard InChI is InChI=1S/C28H30ClFN2O3/c1-20(2)17-31-28(34)25(16-21-8-4-3-5-9-21)32(18-22-12-14-23(29)15-13-22)27(33)19-35-26-11-7-6-10-24(26)30/h3-15,20,25H,16-19H2,1-2H3,(H,31,34)/t25-/m1/s1. The zero-order valence-electron chi connectivity index (χ0n) is 19.9. The van der Waals surface area contributed by atoms with E-state index < -0.39 is 24.4 Å². The molecule has 35 heavy (non-hydrogen) atoms. The minimum Gasteiger partial charge on any atom is -0.481 e. The van der Waals surface area contributed by atoms with E-state index in [4.69, 9.17) is 16.3 Å². The molecule has 0 bridgehead atoms.